The Hall–Kier alpha value is -3.72. The Kier molecular flexibility index (Phi) is 11.8. The van der Waals surface area contributed by atoms with Gasteiger partial charge in [0.2, 0.25) is 0 Å². The van der Waals surface area contributed by atoms with Crippen molar-refractivity contribution in [2.75, 3.05) is 0 Å². The highest BCUT2D eigenvalue weighted by atomic mass is 16.5. The number of nitrogens with zero attached hydrogens (tertiary/aromatic N) is 3. The number of rotatable bonds is 15. The molecule has 2 aromatic carbocycles. The van der Waals surface area contributed by atoms with Crippen molar-refractivity contribution in [3.63, 3.8) is 0 Å². The Labute approximate surface area is 227 Å². The van der Waals surface area contributed by atoms with E-state index < -0.39 is 5.97 Å². The highest BCUT2D eigenvalue weighted by Crippen LogP contribution is 2.24. The Morgan fingerprint density at radius 1 is 0.921 bits per heavy atom. The van der Waals surface area contributed by atoms with Crippen LogP contribution in [0.3, 0.4) is 0 Å². The molecule has 0 fully saturated rings. The van der Waals surface area contributed by atoms with Gasteiger partial charge in [-0.05, 0) is 80.6 Å². The van der Waals surface area contributed by atoms with Gasteiger partial charge in [0, 0.05) is 18.0 Å². The quantitative estimate of drug-likeness (QED) is 0.116. The third-order valence-electron chi connectivity index (χ3n) is 6.48. The minimum atomic E-state index is -0.530. The molecule has 6 heteroatoms. The van der Waals surface area contributed by atoms with Gasteiger partial charge >= 0.3 is 5.97 Å². The molecule has 6 nitrogen and oxygen atoms in total. The molecule has 0 aliphatic heterocycles. The third-order valence-corrected chi connectivity index (χ3v) is 6.48. The van der Waals surface area contributed by atoms with E-state index in [4.69, 9.17) is 9.47 Å². The maximum atomic E-state index is 12.7. The molecule has 0 amide bonds. The Morgan fingerprint density at radius 2 is 1.61 bits per heavy atom. The summed E-state index contributed by atoms with van der Waals surface area (Å²) in [7, 11) is 0. The van der Waals surface area contributed by atoms with Gasteiger partial charge in [0.1, 0.15) is 17.6 Å². The van der Waals surface area contributed by atoms with Gasteiger partial charge in [0.05, 0.1) is 17.2 Å². The van der Waals surface area contributed by atoms with Gasteiger partial charge in [-0.1, -0.05) is 52.4 Å². The summed E-state index contributed by atoms with van der Waals surface area (Å²) in [6.45, 7) is 6.40. The second-order valence-corrected chi connectivity index (χ2v) is 9.74. The second-order valence-electron chi connectivity index (χ2n) is 9.74. The number of nitriles is 1. The van der Waals surface area contributed by atoms with Crippen LogP contribution in [0.25, 0.3) is 11.4 Å². The van der Waals surface area contributed by atoms with E-state index in [1.54, 1.807) is 24.3 Å². The molecule has 1 aromatic heterocycles. The Balaban J connectivity index is 1.56. The van der Waals surface area contributed by atoms with Crippen molar-refractivity contribution < 1.29 is 14.3 Å². The average molecular weight is 514 g/mol. The number of esters is 1. The molecule has 1 unspecified atom stereocenters. The fourth-order valence-corrected chi connectivity index (χ4v) is 4.21. The molecule has 0 bridgehead atoms. The Bertz CT molecular complexity index is 1180. The van der Waals surface area contributed by atoms with Gasteiger partial charge in [-0.25, -0.2) is 14.8 Å². The number of carbonyl (C=O) groups is 1. The zero-order valence-corrected chi connectivity index (χ0v) is 22.9. The monoisotopic (exact) mass is 513 g/mol. The van der Waals surface area contributed by atoms with E-state index in [1.807, 2.05) is 31.5 Å². The zero-order valence-electron chi connectivity index (χ0n) is 22.9. The fourth-order valence-electron chi connectivity index (χ4n) is 4.21. The van der Waals surface area contributed by atoms with E-state index in [-0.39, 0.29) is 6.10 Å². The van der Waals surface area contributed by atoms with E-state index in [9.17, 15) is 10.1 Å². The number of ether oxygens (including phenoxy) is 2. The second kappa shape index (κ2) is 15.5. The molecule has 0 saturated carbocycles. The molecular formula is C32H39N3O3. The normalized spacial score (nSPS) is 11.5. The van der Waals surface area contributed by atoms with Gasteiger partial charge in [0.15, 0.2) is 5.82 Å². The van der Waals surface area contributed by atoms with Crippen molar-refractivity contribution in [2.45, 2.75) is 91.1 Å². The van der Waals surface area contributed by atoms with Crippen LogP contribution in [0.1, 0.15) is 100 Å². The predicted octanol–water partition coefficient (Wildman–Crippen LogP) is 8.09. The third kappa shape index (κ3) is 8.99. The van der Waals surface area contributed by atoms with Crippen molar-refractivity contribution in [1.82, 2.24) is 9.97 Å². The molecule has 1 atom stereocenters. The molecule has 0 N–H and O–H groups in total. The summed E-state index contributed by atoms with van der Waals surface area (Å²) in [5.41, 5.74) is 2.61. The highest BCUT2D eigenvalue weighted by molar-refractivity contribution is 5.91. The van der Waals surface area contributed by atoms with E-state index in [0.29, 0.717) is 28.5 Å². The lowest BCUT2D eigenvalue weighted by molar-refractivity contribution is 0.0734. The molecule has 0 spiro atoms. The highest BCUT2D eigenvalue weighted by Gasteiger charge is 2.15. The van der Waals surface area contributed by atoms with Gasteiger partial charge in [-0.15, -0.1) is 0 Å². The standard InChI is InChI=1S/C32H39N3O3/c1-4-6-8-10-12-24(3)37-30-19-16-27(20-28(30)21-33)32(36)38-29-17-14-26(15-18-29)31-34-22-25(23-35-31)13-11-9-7-5-2/h14-20,22-24H,4-13H2,1-3H3. The van der Waals surface area contributed by atoms with Crippen molar-refractivity contribution in [1.29, 1.82) is 5.26 Å². The van der Waals surface area contributed by atoms with Crippen LogP contribution in [0.2, 0.25) is 0 Å². The maximum Gasteiger partial charge on any atom is 0.343 e. The van der Waals surface area contributed by atoms with Crippen LogP contribution >= 0.6 is 0 Å². The minimum Gasteiger partial charge on any atom is -0.489 e. The maximum absolute atomic E-state index is 12.7. The summed E-state index contributed by atoms with van der Waals surface area (Å²) in [5.74, 6) is 1.00. The lowest BCUT2D eigenvalue weighted by Crippen LogP contribution is -2.13. The van der Waals surface area contributed by atoms with E-state index in [1.165, 1.54) is 44.6 Å². The van der Waals surface area contributed by atoms with Crippen LogP contribution in [0.15, 0.2) is 54.9 Å². The first-order chi connectivity index (χ1) is 18.5. The molecule has 0 aliphatic rings. The first-order valence-electron chi connectivity index (χ1n) is 13.9. The Morgan fingerprint density at radius 3 is 2.26 bits per heavy atom. The number of hydrogen-bond acceptors (Lipinski definition) is 6. The summed E-state index contributed by atoms with van der Waals surface area (Å²) in [6.07, 6.45) is 15.2. The smallest absolute Gasteiger partial charge is 0.343 e. The van der Waals surface area contributed by atoms with Crippen molar-refractivity contribution >= 4 is 5.97 Å². The predicted molar refractivity (Wildman–Crippen MR) is 150 cm³/mol. The summed E-state index contributed by atoms with van der Waals surface area (Å²) in [5, 5.41) is 9.60. The van der Waals surface area contributed by atoms with E-state index in [2.05, 4.69) is 29.9 Å². The first-order valence-corrected chi connectivity index (χ1v) is 13.9. The van der Waals surface area contributed by atoms with E-state index >= 15 is 0 Å². The molecule has 1 heterocycles. The van der Waals surface area contributed by atoms with Gasteiger partial charge in [-0.3, -0.25) is 0 Å². The summed E-state index contributed by atoms with van der Waals surface area (Å²) in [6, 6.07) is 14.1. The molecule has 0 radical (unpaired) electrons. The number of unbranched alkanes of at least 4 members (excludes halogenated alkanes) is 6. The number of aryl methyl sites for hydroxylation is 1. The zero-order chi connectivity index (χ0) is 27.2. The van der Waals surface area contributed by atoms with Crippen molar-refractivity contribution in [2.24, 2.45) is 0 Å². The van der Waals surface area contributed by atoms with Crippen molar-refractivity contribution in [3.05, 3.63) is 71.5 Å². The van der Waals surface area contributed by atoms with Crippen LogP contribution in [0.5, 0.6) is 11.5 Å². The minimum absolute atomic E-state index is 0.00116. The van der Waals surface area contributed by atoms with Crippen LogP contribution < -0.4 is 9.47 Å². The fraction of sp³-hybridized carbons (Fsp3) is 0.438. The number of benzene rings is 2. The van der Waals surface area contributed by atoms with Crippen LogP contribution in [0, 0.1) is 11.3 Å². The van der Waals surface area contributed by atoms with Gasteiger partial charge in [-0.2, -0.15) is 5.26 Å². The number of hydrogen-bond donors (Lipinski definition) is 0. The molecule has 38 heavy (non-hydrogen) atoms. The molecular weight excluding hydrogens is 474 g/mol. The SMILES string of the molecule is CCCCCCc1cnc(-c2ccc(OC(=O)c3ccc(OC(C)CCCCCC)c(C#N)c3)cc2)nc1. The topological polar surface area (TPSA) is 85.1 Å². The molecule has 0 saturated heterocycles. The van der Waals surface area contributed by atoms with Crippen LogP contribution in [-0.4, -0.2) is 22.0 Å². The summed E-state index contributed by atoms with van der Waals surface area (Å²) < 4.78 is 11.5. The largest absolute Gasteiger partial charge is 0.489 e. The number of aromatic nitrogens is 2. The summed E-state index contributed by atoms with van der Waals surface area (Å²) in [4.78, 5) is 21.7. The molecule has 3 aromatic rings. The van der Waals surface area contributed by atoms with E-state index in [0.717, 1.165) is 36.8 Å². The lowest BCUT2D eigenvalue weighted by atomic mass is 10.1. The molecule has 3 rings (SSSR count). The molecule has 0 aliphatic carbocycles. The van der Waals surface area contributed by atoms with Gasteiger partial charge in [0.25, 0.3) is 0 Å². The number of carbonyl (C=O) groups excluding carboxylic acids is 1. The summed E-state index contributed by atoms with van der Waals surface area (Å²) >= 11 is 0. The van der Waals surface area contributed by atoms with Crippen LogP contribution in [0.4, 0.5) is 0 Å². The first kappa shape index (κ1) is 28.8. The van der Waals surface area contributed by atoms with Crippen molar-refractivity contribution in [3.8, 4) is 29.0 Å². The van der Waals surface area contributed by atoms with Gasteiger partial charge < -0.3 is 9.47 Å². The molecule has 200 valence electrons. The average Bonchev–Trinajstić information content (AvgIpc) is 2.94. The lowest BCUT2D eigenvalue weighted by Gasteiger charge is -2.16. The van der Waals surface area contributed by atoms with Crippen LogP contribution in [-0.2, 0) is 6.42 Å².